The Balaban J connectivity index is 1.79. The van der Waals surface area contributed by atoms with Gasteiger partial charge in [-0.1, -0.05) is 13.8 Å². The summed E-state index contributed by atoms with van der Waals surface area (Å²) in [5, 5.41) is 0. The molecule has 4 saturated carbocycles. The lowest BCUT2D eigenvalue weighted by molar-refractivity contribution is -0.170. The minimum Gasteiger partial charge on any atom is -0.300 e. The first-order chi connectivity index (χ1) is 11.7. The molecular weight excluding hydrogens is 316 g/mol. The summed E-state index contributed by atoms with van der Waals surface area (Å²) in [6, 6.07) is 0. The zero-order chi connectivity index (χ0) is 18.1. The second-order valence-electron chi connectivity index (χ2n) is 9.35. The minimum absolute atomic E-state index is 0.0624. The Morgan fingerprint density at radius 3 is 2.32 bits per heavy atom. The molecule has 4 aliphatic rings. The molecule has 0 spiro atoms. The summed E-state index contributed by atoms with van der Waals surface area (Å²) < 4.78 is 0. The SMILES string of the molecule is CC(=O)[C@H]1CC[C@H]2[C@@H]3C(=O)C[C@H]4CCCC(=O)[C@]4(C)[C@H]3CC(=O)[C@]12C. The van der Waals surface area contributed by atoms with Crippen molar-refractivity contribution in [1.29, 1.82) is 0 Å². The Kier molecular flexibility index (Phi) is 3.66. The fraction of sp³-hybridized carbons (Fsp3) is 0.810. The van der Waals surface area contributed by atoms with Crippen molar-refractivity contribution in [3.8, 4) is 0 Å². The number of rotatable bonds is 1. The van der Waals surface area contributed by atoms with Crippen LogP contribution in [0.1, 0.15) is 65.7 Å². The van der Waals surface area contributed by atoms with Crippen molar-refractivity contribution in [2.75, 3.05) is 0 Å². The predicted octanol–water partition coefficient (Wildman–Crippen LogP) is 3.16. The van der Waals surface area contributed by atoms with E-state index in [1.807, 2.05) is 13.8 Å². The maximum Gasteiger partial charge on any atom is 0.140 e. The molecule has 0 aromatic carbocycles. The maximum atomic E-state index is 13.2. The van der Waals surface area contributed by atoms with Gasteiger partial charge in [0.15, 0.2) is 0 Å². The highest BCUT2D eigenvalue weighted by molar-refractivity contribution is 5.98. The fourth-order valence-corrected chi connectivity index (χ4v) is 7.15. The molecule has 136 valence electrons. The van der Waals surface area contributed by atoms with Crippen molar-refractivity contribution in [1.82, 2.24) is 0 Å². The lowest BCUT2D eigenvalue weighted by atomic mass is 9.44. The van der Waals surface area contributed by atoms with E-state index in [1.54, 1.807) is 6.92 Å². The van der Waals surface area contributed by atoms with Gasteiger partial charge in [0.2, 0.25) is 0 Å². The van der Waals surface area contributed by atoms with E-state index >= 15 is 0 Å². The smallest absolute Gasteiger partial charge is 0.140 e. The van der Waals surface area contributed by atoms with Crippen LogP contribution in [-0.2, 0) is 19.2 Å². The van der Waals surface area contributed by atoms with Crippen LogP contribution in [0.3, 0.4) is 0 Å². The van der Waals surface area contributed by atoms with Crippen molar-refractivity contribution in [2.45, 2.75) is 65.7 Å². The van der Waals surface area contributed by atoms with Gasteiger partial charge in [-0.2, -0.15) is 0 Å². The van der Waals surface area contributed by atoms with Crippen molar-refractivity contribution in [3.63, 3.8) is 0 Å². The molecule has 0 aliphatic heterocycles. The third kappa shape index (κ3) is 2.00. The van der Waals surface area contributed by atoms with Gasteiger partial charge in [-0.25, -0.2) is 0 Å². The van der Waals surface area contributed by atoms with E-state index in [1.165, 1.54) is 0 Å². The third-order valence-corrected chi connectivity index (χ3v) is 8.62. The van der Waals surface area contributed by atoms with Crippen molar-refractivity contribution < 1.29 is 19.2 Å². The van der Waals surface area contributed by atoms with Crippen molar-refractivity contribution in [2.24, 2.45) is 40.4 Å². The van der Waals surface area contributed by atoms with Crippen LogP contribution in [0.4, 0.5) is 0 Å². The normalized spacial score (nSPS) is 49.4. The molecule has 0 saturated heterocycles. The van der Waals surface area contributed by atoms with Crippen LogP contribution in [0.2, 0.25) is 0 Å². The van der Waals surface area contributed by atoms with Gasteiger partial charge in [0.05, 0.1) is 0 Å². The van der Waals surface area contributed by atoms with E-state index < -0.39 is 10.8 Å². The summed E-state index contributed by atoms with van der Waals surface area (Å²) in [6.07, 6.45) is 4.60. The number of hydrogen-bond acceptors (Lipinski definition) is 4. The molecule has 4 fully saturated rings. The molecule has 4 rings (SSSR count). The van der Waals surface area contributed by atoms with E-state index in [0.717, 1.165) is 19.3 Å². The van der Waals surface area contributed by atoms with Gasteiger partial charge in [0.25, 0.3) is 0 Å². The van der Waals surface area contributed by atoms with Gasteiger partial charge >= 0.3 is 0 Å². The number of Topliss-reactive ketones (excluding diaryl/α,β-unsaturated/α-hetero) is 4. The first kappa shape index (κ1) is 17.1. The monoisotopic (exact) mass is 344 g/mol. The zero-order valence-corrected chi connectivity index (χ0v) is 15.5. The Hall–Kier alpha value is -1.32. The standard InChI is InChI=1S/C21H28O4/c1-11(22)13-7-8-14-19-15(10-18(25)21(13,14)3)20(2)12(9-16(19)23)5-4-6-17(20)24/h12-15,19H,4-10H2,1-3H3/t12-,13-,14+,15+,19+,20+,21-/m1/s1. The van der Waals surface area contributed by atoms with Gasteiger partial charge in [0.1, 0.15) is 23.1 Å². The summed E-state index contributed by atoms with van der Waals surface area (Å²) in [5.41, 5.74) is -1.23. The summed E-state index contributed by atoms with van der Waals surface area (Å²) in [7, 11) is 0. The third-order valence-electron chi connectivity index (χ3n) is 8.62. The van der Waals surface area contributed by atoms with E-state index in [-0.39, 0.29) is 52.7 Å². The molecule has 0 amide bonds. The Bertz CT molecular complexity index is 679. The van der Waals surface area contributed by atoms with Crippen LogP contribution in [0.5, 0.6) is 0 Å². The molecule has 0 radical (unpaired) electrons. The molecule has 7 atom stereocenters. The number of fused-ring (bicyclic) bond motifs is 5. The van der Waals surface area contributed by atoms with Crippen LogP contribution < -0.4 is 0 Å². The minimum atomic E-state index is -0.705. The lowest BCUT2D eigenvalue weighted by Gasteiger charge is -2.57. The van der Waals surface area contributed by atoms with E-state index in [2.05, 4.69) is 0 Å². The van der Waals surface area contributed by atoms with Crippen LogP contribution >= 0.6 is 0 Å². The van der Waals surface area contributed by atoms with Gasteiger partial charge < -0.3 is 0 Å². The molecule has 25 heavy (non-hydrogen) atoms. The summed E-state index contributed by atoms with van der Waals surface area (Å²) in [5.74, 6) is 0.100. The summed E-state index contributed by atoms with van der Waals surface area (Å²) in [4.78, 5) is 51.3. The highest BCUT2D eigenvalue weighted by Gasteiger charge is 2.67. The molecule has 4 aliphatic carbocycles. The zero-order valence-electron chi connectivity index (χ0n) is 15.5. The number of ketones is 4. The first-order valence-electron chi connectivity index (χ1n) is 9.82. The van der Waals surface area contributed by atoms with Gasteiger partial charge in [-0.05, 0) is 50.4 Å². The summed E-state index contributed by atoms with van der Waals surface area (Å²) >= 11 is 0. The van der Waals surface area contributed by atoms with E-state index in [4.69, 9.17) is 0 Å². The predicted molar refractivity (Wildman–Crippen MR) is 91.7 cm³/mol. The molecule has 0 heterocycles. The molecule has 0 aromatic heterocycles. The highest BCUT2D eigenvalue weighted by atomic mass is 16.1. The van der Waals surface area contributed by atoms with Crippen LogP contribution in [-0.4, -0.2) is 23.1 Å². The van der Waals surface area contributed by atoms with Gasteiger partial charge in [-0.15, -0.1) is 0 Å². The van der Waals surface area contributed by atoms with Crippen LogP contribution in [0.25, 0.3) is 0 Å². The molecule has 4 heteroatoms. The summed E-state index contributed by atoms with van der Waals surface area (Å²) in [6.45, 7) is 5.51. The second-order valence-corrected chi connectivity index (χ2v) is 9.35. The Morgan fingerprint density at radius 1 is 0.920 bits per heavy atom. The topological polar surface area (TPSA) is 68.3 Å². The fourth-order valence-electron chi connectivity index (χ4n) is 7.15. The molecular formula is C21H28O4. The van der Waals surface area contributed by atoms with Crippen molar-refractivity contribution >= 4 is 23.1 Å². The average molecular weight is 344 g/mol. The first-order valence-corrected chi connectivity index (χ1v) is 9.82. The van der Waals surface area contributed by atoms with Crippen LogP contribution in [0.15, 0.2) is 0 Å². The number of hydrogen-bond donors (Lipinski definition) is 0. The van der Waals surface area contributed by atoms with Gasteiger partial charge in [0, 0.05) is 41.9 Å². The molecule has 0 unspecified atom stereocenters. The van der Waals surface area contributed by atoms with Gasteiger partial charge in [-0.3, -0.25) is 19.2 Å². The Morgan fingerprint density at radius 2 is 1.64 bits per heavy atom. The second kappa shape index (κ2) is 5.34. The molecule has 0 aromatic rings. The largest absolute Gasteiger partial charge is 0.300 e. The quantitative estimate of drug-likeness (QED) is 0.733. The molecule has 0 N–H and O–H groups in total. The molecule has 4 nitrogen and oxygen atoms in total. The maximum absolute atomic E-state index is 13.2. The lowest BCUT2D eigenvalue weighted by Crippen LogP contribution is -2.61. The van der Waals surface area contributed by atoms with Crippen LogP contribution in [0, 0.1) is 40.4 Å². The Labute approximate surface area is 149 Å². The number of carbonyl (C=O) groups is 4. The highest BCUT2D eigenvalue weighted by Crippen LogP contribution is 2.64. The van der Waals surface area contributed by atoms with Crippen molar-refractivity contribution in [3.05, 3.63) is 0 Å². The molecule has 0 bridgehead atoms. The number of carbonyl (C=O) groups excluding carboxylic acids is 4. The average Bonchev–Trinajstić information content (AvgIpc) is 2.90. The van der Waals surface area contributed by atoms with E-state index in [0.29, 0.717) is 25.7 Å². The van der Waals surface area contributed by atoms with E-state index in [9.17, 15) is 19.2 Å².